The van der Waals surface area contributed by atoms with Gasteiger partial charge in [-0.15, -0.1) is 0 Å². The van der Waals surface area contributed by atoms with Crippen molar-refractivity contribution >= 4 is 33.7 Å². The Kier molecular flexibility index (Phi) is 4.74. The van der Waals surface area contributed by atoms with Gasteiger partial charge < -0.3 is 15.7 Å². The minimum absolute atomic E-state index is 0.164. The normalized spacial score (nSPS) is 13.8. The van der Waals surface area contributed by atoms with Crippen LogP contribution in [-0.2, 0) is 5.60 Å². The molecule has 1 unspecified atom stereocenters. The third-order valence-electron chi connectivity index (χ3n) is 2.79. The number of carbonyl (C=O) groups excluding carboxylic acids is 1. The molecule has 0 saturated heterocycles. The molecule has 7 heteroatoms. The van der Waals surface area contributed by atoms with E-state index in [2.05, 4.69) is 15.6 Å². The van der Waals surface area contributed by atoms with Gasteiger partial charge in [0, 0.05) is 6.54 Å². The zero-order chi connectivity index (χ0) is 14.6. The van der Waals surface area contributed by atoms with E-state index in [9.17, 15) is 9.90 Å². The molecule has 0 fully saturated rings. The largest absolute Gasteiger partial charge is 0.384 e. The lowest BCUT2D eigenvalue weighted by Crippen LogP contribution is -2.38. The molecule has 0 radical (unpaired) electrons. The summed E-state index contributed by atoms with van der Waals surface area (Å²) in [4.78, 5) is 16.6. The summed E-state index contributed by atoms with van der Waals surface area (Å²) >= 11 is 2.82. The van der Waals surface area contributed by atoms with Crippen LogP contribution < -0.4 is 10.6 Å². The summed E-state index contributed by atoms with van der Waals surface area (Å²) in [6.07, 6.45) is 1.54. The van der Waals surface area contributed by atoms with Gasteiger partial charge in [-0.05, 0) is 36.2 Å². The quantitative estimate of drug-likeness (QED) is 0.765. The summed E-state index contributed by atoms with van der Waals surface area (Å²) in [5, 5.41) is 20.6. The number of carbonyl (C=O) groups is 1. The number of rotatable bonds is 6. The highest BCUT2D eigenvalue weighted by atomic mass is 32.1. The molecule has 3 N–H and O–H groups in total. The Morgan fingerprint density at radius 1 is 1.55 bits per heavy atom. The van der Waals surface area contributed by atoms with Crippen molar-refractivity contribution in [1.82, 2.24) is 10.3 Å². The van der Waals surface area contributed by atoms with Crippen LogP contribution in [0.4, 0.5) is 5.13 Å². The topological polar surface area (TPSA) is 74.2 Å². The molecule has 2 aromatic heterocycles. The van der Waals surface area contributed by atoms with Crippen LogP contribution in [0.3, 0.4) is 0 Å². The third-order valence-corrected chi connectivity index (χ3v) is 4.43. The maximum absolute atomic E-state index is 12.0. The first-order valence-corrected chi connectivity index (χ1v) is 8.02. The Bertz CT molecular complexity index is 564. The van der Waals surface area contributed by atoms with Gasteiger partial charge in [0.25, 0.3) is 5.91 Å². The number of thiophene rings is 1. The van der Waals surface area contributed by atoms with E-state index in [1.165, 1.54) is 28.9 Å². The van der Waals surface area contributed by atoms with Crippen LogP contribution in [0, 0.1) is 0 Å². The summed E-state index contributed by atoms with van der Waals surface area (Å²) in [6, 6.07) is 1.85. The number of hydrogen-bond acceptors (Lipinski definition) is 6. The number of aliphatic hydroxyl groups is 1. The Balaban J connectivity index is 1.94. The summed E-state index contributed by atoms with van der Waals surface area (Å²) in [7, 11) is 0. The number of thiazole rings is 1. The van der Waals surface area contributed by atoms with Crippen LogP contribution in [0.25, 0.3) is 0 Å². The molecule has 20 heavy (non-hydrogen) atoms. The van der Waals surface area contributed by atoms with Gasteiger partial charge >= 0.3 is 0 Å². The SMILES string of the molecule is CCNc1ncc(C(=O)NCC(C)(O)c2ccsc2)s1. The Labute approximate surface area is 125 Å². The van der Waals surface area contributed by atoms with E-state index in [1.54, 1.807) is 6.92 Å². The van der Waals surface area contributed by atoms with Gasteiger partial charge in [-0.2, -0.15) is 11.3 Å². The van der Waals surface area contributed by atoms with Crippen LogP contribution in [0.2, 0.25) is 0 Å². The fraction of sp³-hybridized carbons (Fsp3) is 0.385. The highest BCUT2D eigenvalue weighted by molar-refractivity contribution is 7.17. The zero-order valence-corrected chi connectivity index (χ0v) is 13.0. The molecule has 0 aliphatic carbocycles. The molecule has 2 heterocycles. The van der Waals surface area contributed by atoms with Crippen LogP contribution in [0.5, 0.6) is 0 Å². The Morgan fingerprint density at radius 3 is 3.00 bits per heavy atom. The van der Waals surface area contributed by atoms with Crippen LogP contribution in [0.15, 0.2) is 23.0 Å². The number of anilines is 1. The fourth-order valence-electron chi connectivity index (χ4n) is 1.62. The van der Waals surface area contributed by atoms with Gasteiger partial charge in [-0.25, -0.2) is 4.98 Å². The van der Waals surface area contributed by atoms with E-state index < -0.39 is 5.60 Å². The summed E-state index contributed by atoms with van der Waals surface area (Å²) in [6.45, 7) is 4.59. The second-order valence-corrected chi connectivity index (χ2v) is 6.34. The fourth-order valence-corrected chi connectivity index (χ4v) is 3.21. The van der Waals surface area contributed by atoms with Gasteiger partial charge in [0.2, 0.25) is 0 Å². The first-order chi connectivity index (χ1) is 9.53. The lowest BCUT2D eigenvalue weighted by molar-refractivity contribution is 0.0531. The number of nitrogens with one attached hydrogen (secondary N) is 2. The van der Waals surface area contributed by atoms with Crippen LogP contribution >= 0.6 is 22.7 Å². The summed E-state index contributed by atoms with van der Waals surface area (Å²) in [5.41, 5.74) is -0.259. The van der Waals surface area contributed by atoms with Gasteiger partial charge in [0.05, 0.1) is 12.7 Å². The van der Waals surface area contributed by atoms with Crippen molar-refractivity contribution in [3.05, 3.63) is 33.5 Å². The van der Waals surface area contributed by atoms with Crippen LogP contribution in [0.1, 0.15) is 29.1 Å². The molecule has 5 nitrogen and oxygen atoms in total. The van der Waals surface area contributed by atoms with Gasteiger partial charge in [0.1, 0.15) is 10.5 Å². The number of amides is 1. The van der Waals surface area contributed by atoms with E-state index >= 15 is 0 Å². The molecule has 0 bridgehead atoms. The molecular weight excluding hydrogens is 294 g/mol. The molecular formula is C13H17N3O2S2. The molecule has 0 spiro atoms. The predicted octanol–water partition coefficient (Wildman–Crippen LogP) is 2.27. The molecule has 1 atom stereocenters. The van der Waals surface area contributed by atoms with E-state index in [4.69, 9.17) is 0 Å². The lowest BCUT2D eigenvalue weighted by Gasteiger charge is -2.22. The smallest absolute Gasteiger partial charge is 0.263 e. The van der Waals surface area contributed by atoms with Crippen molar-refractivity contribution in [2.24, 2.45) is 0 Å². The number of aromatic nitrogens is 1. The maximum Gasteiger partial charge on any atom is 0.263 e. The second kappa shape index (κ2) is 6.34. The summed E-state index contributed by atoms with van der Waals surface area (Å²) in [5.74, 6) is -0.220. The van der Waals surface area contributed by atoms with Crippen molar-refractivity contribution in [1.29, 1.82) is 0 Å². The number of hydrogen-bond donors (Lipinski definition) is 3. The molecule has 0 aliphatic heterocycles. The Morgan fingerprint density at radius 2 is 2.35 bits per heavy atom. The molecule has 0 saturated carbocycles. The minimum Gasteiger partial charge on any atom is -0.384 e. The van der Waals surface area contributed by atoms with Gasteiger partial charge in [-0.3, -0.25) is 4.79 Å². The van der Waals surface area contributed by atoms with Crippen molar-refractivity contribution < 1.29 is 9.90 Å². The standard InChI is InChI=1S/C13H17N3O2S2/c1-3-14-12-15-6-10(20-12)11(17)16-8-13(2,18)9-4-5-19-7-9/h4-7,18H,3,8H2,1-2H3,(H,14,15)(H,16,17). The second-order valence-electron chi connectivity index (χ2n) is 4.53. The molecule has 0 aliphatic rings. The maximum atomic E-state index is 12.0. The third kappa shape index (κ3) is 3.56. The minimum atomic E-state index is -1.06. The molecule has 2 rings (SSSR count). The predicted molar refractivity (Wildman–Crippen MR) is 82.5 cm³/mol. The van der Waals surface area contributed by atoms with Crippen LogP contribution in [-0.4, -0.2) is 29.1 Å². The lowest BCUT2D eigenvalue weighted by atomic mass is 9.99. The van der Waals surface area contributed by atoms with Crippen molar-refractivity contribution in [3.8, 4) is 0 Å². The number of nitrogens with zero attached hydrogens (tertiary/aromatic N) is 1. The molecule has 0 aromatic carbocycles. The van der Waals surface area contributed by atoms with Gasteiger partial charge in [0.15, 0.2) is 5.13 Å². The van der Waals surface area contributed by atoms with E-state index in [0.717, 1.165) is 17.2 Å². The highest BCUT2D eigenvalue weighted by Gasteiger charge is 2.24. The van der Waals surface area contributed by atoms with Gasteiger partial charge in [-0.1, -0.05) is 11.3 Å². The average Bonchev–Trinajstić information content (AvgIpc) is 3.07. The Hall–Kier alpha value is -1.44. The van der Waals surface area contributed by atoms with E-state index in [0.29, 0.717) is 4.88 Å². The molecule has 108 valence electrons. The van der Waals surface area contributed by atoms with E-state index in [-0.39, 0.29) is 12.5 Å². The molecule has 1 amide bonds. The first-order valence-electron chi connectivity index (χ1n) is 6.26. The highest BCUT2D eigenvalue weighted by Crippen LogP contribution is 2.23. The summed E-state index contributed by atoms with van der Waals surface area (Å²) < 4.78 is 0. The zero-order valence-electron chi connectivity index (χ0n) is 11.3. The van der Waals surface area contributed by atoms with E-state index in [1.807, 2.05) is 23.8 Å². The monoisotopic (exact) mass is 311 g/mol. The first kappa shape index (κ1) is 15.0. The average molecular weight is 311 g/mol. The van der Waals surface area contributed by atoms with Crippen molar-refractivity contribution in [2.75, 3.05) is 18.4 Å². The molecule has 2 aromatic rings. The van der Waals surface area contributed by atoms with Crippen molar-refractivity contribution in [2.45, 2.75) is 19.4 Å². The van der Waals surface area contributed by atoms with Crippen molar-refractivity contribution in [3.63, 3.8) is 0 Å².